The molecular weight excluding hydrogens is 308 g/mol. The molecule has 2 aromatic carbocycles. The van der Waals surface area contributed by atoms with Crippen molar-refractivity contribution in [2.24, 2.45) is 22.1 Å². The van der Waals surface area contributed by atoms with Gasteiger partial charge in [-0.15, -0.1) is 0 Å². The zero-order chi connectivity index (χ0) is 17.2. The van der Waals surface area contributed by atoms with Crippen LogP contribution in [0.5, 0.6) is 0 Å². The average molecular weight is 336 g/mol. The minimum Gasteiger partial charge on any atom is -0.376 e. The molecule has 0 unspecified atom stereocenters. The maximum atomic E-state index is 5.90. The normalized spacial score (nSPS) is 20.8. The van der Waals surface area contributed by atoms with Gasteiger partial charge in [0.1, 0.15) is 0 Å². The highest BCUT2D eigenvalue weighted by molar-refractivity contribution is 5.14. The van der Waals surface area contributed by atoms with Gasteiger partial charge in [-0.05, 0) is 48.6 Å². The maximum absolute atomic E-state index is 5.90. The van der Waals surface area contributed by atoms with Crippen molar-refractivity contribution in [1.82, 2.24) is 0 Å². The number of ether oxygens (including phenoxy) is 1. The van der Waals surface area contributed by atoms with Gasteiger partial charge < -0.3 is 4.74 Å². The summed E-state index contributed by atoms with van der Waals surface area (Å²) in [7, 11) is 0. The zero-order valence-corrected chi connectivity index (χ0v) is 14.9. The van der Waals surface area contributed by atoms with Crippen molar-refractivity contribution in [1.29, 1.82) is 0 Å². The number of azo groups is 1. The molecule has 0 saturated heterocycles. The van der Waals surface area contributed by atoms with E-state index in [1.807, 2.05) is 24.3 Å². The fourth-order valence-electron chi connectivity index (χ4n) is 3.39. The van der Waals surface area contributed by atoms with Gasteiger partial charge in [0.05, 0.1) is 19.7 Å². The molecule has 1 aliphatic rings. The van der Waals surface area contributed by atoms with E-state index in [1.165, 1.54) is 36.8 Å². The monoisotopic (exact) mass is 336 g/mol. The Morgan fingerprint density at radius 3 is 2.00 bits per heavy atom. The first kappa shape index (κ1) is 17.8. The van der Waals surface area contributed by atoms with E-state index in [1.54, 1.807) is 0 Å². The molecule has 1 saturated carbocycles. The molecular formula is C22H28N2O. The van der Waals surface area contributed by atoms with Crippen LogP contribution in [-0.2, 0) is 17.9 Å². The molecule has 3 rings (SSSR count). The summed E-state index contributed by atoms with van der Waals surface area (Å²) < 4.78 is 5.90. The molecule has 0 amide bonds. The molecule has 3 heteroatoms. The van der Waals surface area contributed by atoms with E-state index in [2.05, 4.69) is 46.6 Å². The summed E-state index contributed by atoms with van der Waals surface area (Å²) in [4.78, 5) is 0. The Balaban J connectivity index is 1.28. The molecule has 0 spiro atoms. The molecule has 0 bridgehead atoms. The highest BCUT2D eigenvalue weighted by Gasteiger charge is 2.21. The number of hydrogen-bond acceptors (Lipinski definition) is 3. The van der Waals surface area contributed by atoms with Crippen molar-refractivity contribution in [2.45, 2.75) is 38.8 Å². The molecule has 1 aliphatic carbocycles. The summed E-state index contributed by atoms with van der Waals surface area (Å²) >= 11 is 0. The van der Waals surface area contributed by atoms with Crippen LogP contribution in [-0.4, -0.2) is 13.2 Å². The maximum Gasteiger partial charge on any atom is 0.0849 e. The van der Waals surface area contributed by atoms with Crippen molar-refractivity contribution in [3.05, 3.63) is 71.8 Å². The standard InChI is InChI=1S/C22H28N2O/c1-3-7-19(8-4-1)15-23-24-16-20-11-13-22(14-12-20)18-25-17-21-9-5-2-6-10-21/h1-10,20,22H,11-18H2. The van der Waals surface area contributed by atoms with Crippen LogP contribution < -0.4 is 0 Å². The van der Waals surface area contributed by atoms with Gasteiger partial charge in [0.15, 0.2) is 0 Å². The first-order valence-electron chi connectivity index (χ1n) is 9.39. The van der Waals surface area contributed by atoms with Crippen LogP contribution in [0.25, 0.3) is 0 Å². The van der Waals surface area contributed by atoms with Gasteiger partial charge in [0, 0.05) is 6.61 Å². The Kier molecular flexibility index (Phi) is 7.19. The summed E-state index contributed by atoms with van der Waals surface area (Å²) in [6.45, 7) is 3.19. The van der Waals surface area contributed by atoms with Crippen LogP contribution in [0.15, 0.2) is 70.9 Å². The summed E-state index contributed by atoms with van der Waals surface area (Å²) in [5, 5.41) is 8.75. The summed E-state index contributed by atoms with van der Waals surface area (Å²) in [5.41, 5.74) is 2.49. The Morgan fingerprint density at radius 1 is 0.720 bits per heavy atom. The van der Waals surface area contributed by atoms with Crippen molar-refractivity contribution >= 4 is 0 Å². The molecule has 25 heavy (non-hydrogen) atoms. The average Bonchev–Trinajstić information content (AvgIpc) is 2.68. The number of benzene rings is 2. The zero-order valence-electron chi connectivity index (χ0n) is 14.9. The lowest BCUT2D eigenvalue weighted by Crippen LogP contribution is -2.20. The van der Waals surface area contributed by atoms with Crippen LogP contribution in [0.2, 0.25) is 0 Å². The Morgan fingerprint density at radius 2 is 1.32 bits per heavy atom. The van der Waals surface area contributed by atoms with E-state index in [0.717, 1.165) is 19.8 Å². The highest BCUT2D eigenvalue weighted by Crippen LogP contribution is 2.29. The van der Waals surface area contributed by atoms with E-state index >= 15 is 0 Å². The molecule has 3 nitrogen and oxygen atoms in total. The first-order chi connectivity index (χ1) is 12.4. The Labute approximate surface area is 151 Å². The molecule has 132 valence electrons. The topological polar surface area (TPSA) is 34.0 Å². The van der Waals surface area contributed by atoms with Crippen LogP contribution in [0.1, 0.15) is 36.8 Å². The van der Waals surface area contributed by atoms with Gasteiger partial charge in [-0.25, -0.2) is 0 Å². The van der Waals surface area contributed by atoms with Gasteiger partial charge in [0.2, 0.25) is 0 Å². The van der Waals surface area contributed by atoms with Gasteiger partial charge in [-0.3, -0.25) is 0 Å². The minimum atomic E-state index is 0.698. The smallest absolute Gasteiger partial charge is 0.0849 e. The third-order valence-corrected chi connectivity index (χ3v) is 4.97. The molecule has 2 aromatic rings. The number of rotatable bonds is 8. The van der Waals surface area contributed by atoms with E-state index in [-0.39, 0.29) is 0 Å². The van der Waals surface area contributed by atoms with Crippen molar-refractivity contribution in [2.75, 3.05) is 13.2 Å². The van der Waals surface area contributed by atoms with Gasteiger partial charge >= 0.3 is 0 Å². The number of hydrogen-bond donors (Lipinski definition) is 0. The molecule has 0 heterocycles. The van der Waals surface area contributed by atoms with E-state index in [4.69, 9.17) is 4.74 Å². The molecule has 0 radical (unpaired) electrons. The van der Waals surface area contributed by atoms with Crippen molar-refractivity contribution in [3.8, 4) is 0 Å². The lowest BCUT2D eigenvalue weighted by molar-refractivity contribution is 0.0676. The summed E-state index contributed by atoms with van der Waals surface area (Å²) in [6.07, 6.45) is 5.02. The van der Waals surface area contributed by atoms with Crippen molar-refractivity contribution in [3.63, 3.8) is 0 Å². The lowest BCUT2D eigenvalue weighted by Gasteiger charge is -2.27. The van der Waals surface area contributed by atoms with Crippen LogP contribution in [0.4, 0.5) is 0 Å². The SMILES string of the molecule is c1ccc(CN=NCC2CCC(COCc3ccccc3)CC2)cc1. The van der Waals surface area contributed by atoms with E-state index in [9.17, 15) is 0 Å². The van der Waals surface area contributed by atoms with Crippen LogP contribution in [0.3, 0.4) is 0 Å². The molecule has 0 atom stereocenters. The van der Waals surface area contributed by atoms with E-state index in [0.29, 0.717) is 18.4 Å². The molecule has 0 N–H and O–H groups in total. The summed E-state index contributed by atoms with van der Waals surface area (Å²) in [5.74, 6) is 1.41. The van der Waals surface area contributed by atoms with Gasteiger partial charge in [-0.1, -0.05) is 60.7 Å². The predicted molar refractivity (Wildman–Crippen MR) is 101 cm³/mol. The van der Waals surface area contributed by atoms with Crippen LogP contribution in [0, 0.1) is 11.8 Å². The van der Waals surface area contributed by atoms with Crippen LogP contribution >= 0.6 is 0 Å². The second-order valence-corrected chi connectivity index (χ2v) is 7.00. The summed E-state index contributed by atoms with van der Waals surface area (Å²) in [6, 6.07) is 20.7. The van der Waals surface area contributed by atoms with Gasteiger partial charge in [-0.2, -0.15) is 10.2 Å². The fraction of sp³-hybridized carbons (Fsp3) is 0.455. The third kappa shape index (κ3) is 6.43. The minimum absolute atomic E-state index is 0.698. The van der Waals surface area contributed by atoms with E-state index < -0.39 is 0 Å². The Bertz CT molecular complexity index is 619. The molecule has 1 fully saturated rings. The fourth-order valence-corrected chi connectivity index (χ4v) is 3.39. The lowest BCUT2D eigenvalue weighted by atomic mass is 9.82. The number of nitrogens with zero attached hydrogens (tertiary/aromatic N) is 2. The molecule has 0 aliphatic heterocycles. The second kappa shape index (κ2) is 10.1. The predicted octanol–water partition coefficient (Wildman–Crippen LogP) is 5.66. The Hall–Kier alpha value is -2.00. The largest absolute Gasteiger partial charge is 0.376 e. The second-order valence-electron chi connectivity index (χ2n) is 7.00. The molecule has 0 aromatic heterocycles. The van der Waals surface area contributed by atoms with Gasteiger partial charge in [0.25, 0.3) is 0 Å². The first-order valence-corrected chi connectivity index (χ1v) is 9.39. The third-order valence-electron chi connectivity index (χ3n) is 4.97. The van der Waals surface area contributed by atoms with Crippen molar-refractivity contribution < 1.29 is 4.74 Å². The highest BCUT2D eigenvalue weighted by atomic mass is 16.5. The quantitative estimate of drug-likeness (QED) is 0.572.